The van der Waals surface area contributed by atoms with Crippen LogP contribution in [0.5, 0.6) is 0 Å². The van der Waals surface area contributed by atoms with Gasteiger partial charge in [-0.05, 0) is 105 Å². The zero-order valence-corrected chi connectivity index (χ0v) is 37.0. The Morgan fingerprint density at radius 3 is 2.06 bits per heavy atom. The standard InChI is InChI=1S/C60H44N6/c1-37-24-32-48-54(34-37)66(59-62-51-22-12-9-20-47(51)57(64-59)43-30-27-40-16-6-7-17-42(40)35-43)55-36-53-45(31-33-49(55)60(48,2)3)44-18-10-13-23-52(44)65(53)58-61-50-21-11-8-19-46(50)56(63-58)41-28-25-38-14-4-5-15-39(38)26-29-41/h4-28,30,32-36H,29,31H2,1-3H3. The molecule has 0 bridgehead atoms. The van der Waals surface area contributed by atoms with Crippen molar-refractivity contribution < 1.29 is 0 Å². The van der Waals surface area contributed by atoms with E-state index >= 15 is 0 Å². The first-order valence-corrected chi connectivity index (χ1v) is 22.8. The van der Waals surface area contributed by atoms with E-state index in [4.69, 9.17) is 19.9 Å². The molecule has 0 radical (unpaired) electrons. The summed E-state index contributed by atoms with van der Waals surface area (Å²) in [4.78, 5) is 24.3. The lowest BCUT2D eigenvalue weighted by atomic mass is 9.71. The van der Waals surface area contributed by atoms with Crippen molar-refractivity contribution in [3.63, 3.8) is 0 Å². The van der Waals surface area contributed by atoms with Crippen LogP contribution in [0, 0.1) is 6.92 Å². The van der Waals surface area contributed by atoms with Crippen molar-refractivity contribution in [3.8, 4) is 17.2 Å². The van der Waals surface area contributed by atoms with Crippen molar-refractivity contribution >= 4 is 78.9 Å². The lowest BCUT2D eigenvalue weighted by Gasteiger charge is -2.43. The minimum absolute atomic E-state index is 0.337. The highest BCUT2D eigenvalue weighted by Gasteiger charge is 2.42. The molecule has 0 fully saturated rings. The summed E-state index contributed by atoms with van der Waals surface area (Å²) in [6.07, 6.45) is 13.1. The number of benzene rings is 7. The molecule has 6 nitrogen and oxygen atoms in total. The van der Waals surface area contributed by atoms with Gasteiger partial charge < -0.3 is 0 Å². The van der Waals surface area contributed by atoms with Crippen LogP contribution in [0.3, 0.4) is 0 Å². The van der Waals surface area contributed by atoms with E-state index in [0.717, 1.165) is 79.8 Å². The lowest BCUT2D eigenvalue weighted by molar-refractivity contribution is 0.610. The van der Waals surface area contributed by atoms with Gasteiger partial charge in [0.25, 0.3) is 0 Å². The van der Waals surface area contributed by atoms with Crippen LogP contribution in [-0.2, 0) is 11.8 Å². The number of para-hydroxylation sites is 3. The van der Waals surface area contributed by atoms with Gasteiger partial charge in [0.1, 0.15) is 0 Å². The average Bonchev–Trinajstić information content (AvgIpc) is 3.46. The molecule has 66 heavy (non-hydrogen) atoms. The summed E-state index contributed by atoms with van der Waals surface area (Å²) in [5.74, 6) is 1.27. The van der Waals surface area contributed by atoms with Gasteiger partial charge in [0.2, 0.25) is 11.9 Å². The number of nitrogens with zero attached hydrogens (tertiary/aromatic N) is 6. The summed E-state index contributed by atoms with van der Waals surface area (Å²) in [6, 6.07) is 56.1. The van der Waals surface area contributed by atoms with Crippen molar-refractivity contribution in [1.29, 1.82) is 0 Å². The molecule has 0 saturated carbocycles. The molecule has 314 valence electrons. The third-order valence-electron chi connectivity index (χ3n) is 14.0. The smallest absolute Gasteiger partial charge is 0.235 e. The molecule has 0 spiro atoms. The number of rotatable bonds is 4. The van der Waals surface area contributed by atoms with Gasteiger partial charge in [-0.25, -0.2) is 19.9 Å². The Hall–Kier alpha value is -8.22. The van der Waals surface area contributed by atoms with Gasteiger partial charge in [-0.1, -0.05) is 166 Å². The molecule has 10 aromatic rings. The van der Waals surface area contributed by atoms with E-state index in [9.17, 15) is 0 Å². The number of aryl methyl sites for hydroxylation is 1. The highest BCUT2D eigenvalue weighted by Crippen LogP contribution is 2.52. The van der Waals surface area contributed by atoms with Crippen LogP contribution in [0.1, 0.15) is 48.3 Å². The first-order chi connectivity index (χ1) is 32.4. The Bertz CT molecular complexity index is 3940. The summed E-state index contributed by atoms with van der Waals surface area (Å²) >= 11 is 0. The van der Waals surface area contributed by atoms with E-state index in [1.807, 2.05) is 0 Å². The number of aromatic nitrogens is 5. The molecule has 4 heterocycles. The van der Waals surface area contributed by atoms with Gasteiger partial charge in [-0.15, -0.1) is 0 Å². The van der Waals surface area contributed by atoms with Crippen LogP contribution in [0.15, 0.2) is 181 Å². The van der Waals surface area contributed by atoms with Crippen LogP contribution in [0.25, 0.3) is 84.5 Å². The Kier molecular flexibility index (Phi) is 8.50. The number of fused-ring (bicyclic) bond motifs is 9. The second-order valence-electron chi connectivity index (χ2n) is 18.3. The normalized spacial score (nSPS) is 15.1. The second-order valence-corrected chi connectivity index (χ2v) is 18.3. The second kappa shape index (κ2) is 14.7. The highest BCUT2D eigenvalue weighted by molar-refractivity contribution is 5.99. The molecule has 2 aliphatic carbocycles. The molecule has 1 aliphatic heterocycles. The van der Waals surface area contributed by atoms with E-state index in [1.165, 1.54) is 48.9 Å². The lowest BCUT2D eigenvalue weighted by Crippen LogP contribution is -2.36. The quantitative estimate of drug-likeness (QED) is 0.177. The fraction of sp³-hybridized carbons (Fsp3) is 0.100. The fourth-order valence-electron chi connectivity index (χ4n) is 10.7. The maximum absolute atomic E-state index is 5.60. The van der Waals surface area contributed by atoms with Gasteiger partial charge in [-0.3, -0.25) is 9.47 Å². The topological polar surface area (TPSA) is 59.7 Å². The Morgan fingerprint density at radius 1 is 0.545 bits per heavy atom. The molecule has 7 aromatic carbocycles. The summed E-state index contributed by atoms with van der Waals surface area (Å²) < 4.78 is 2.29. The van der Waals surface area contributed by atoms with Gasteiger partial charge in [0.05, 0.1) is 45.0 Å². The van der Waals surface area contributed by atoms with Gasteiger partial charge >= 0.3 is 0 Å². The number of hydrogen-bond acceptors (Lipinski definition) is 5. The molecular formula is C60H44N6. The Morgan fingerprint density at radius 2 is 1.23 bits per heavy atom. The zero-order chi connectivity index (χ0) is 44.1. The van der Waals surface area contributed by atoms with Crippen molar-refractivity contribution in [2.45, 2.75) is 39.0 Å². The monoisotopic (exact) mass is 848 g/mol. The van der Waals surface area contributed by atoms with E-state index in [2.05, 4.69) is 218 Å². The minimum atomic E-state index is -0.337. The van der Waals surface area contributed by atoms with E-state index in [0.29, 0.717) is 11.9 Å². The van der Waals surface area contributed by atoms with E-state index in [-0.39, 0.29) is 5.41 Å². The van der Waals surface area contributed by atoms with Gasteiger partial charge in [-0.2, -0.15) is 0 Å². The molecule has 0 saturated heterocycles. The van der Waals surface area contributed by atoms with Crippen molar-refractivity contribution in [2.24, 2.45) is 0 Å². The predicted molar refractivity (Wildman–Crippen MR) is 272 cm³/mol. The molecule has 0 unspecified atom stereocenters. The summed E-state index contributed by atoms with van der Waals surface area (Å²) in [7, 11) is 0. The largest absolute Gasteiger partial charge is 0.278 e. The zero-order valence-electron chi connectivity index (χ0n) is 37.0. The van der Waals surface area contributed by atoms with Crippen LogP contribution < -0.4 is 15.3 Å². The fourth-order valence-corrected chi connectivity index (χ4v) is 10.7. The van der Waals surface area contributed by atoms with Crippen molar-refractivity contribution in [2.75, 3.05) is 4.90 Å². The molecular weight excluding hydrogens is 805 g/mol. The molecule has 0 atom stereocenters. The number of hydrogen-bond donors (Lipinski definition) is 0. The number of anilines is 2. The van der Waals surface area contributed by atoms with Gasteiger partial charge in [0.15, 0.2) is 0 Å². The average molecular weight is 849 g/mol. The summed E-state index contributed by atoms with van der Waals surface area (Å²) in [5, 5.41) is 8.04. The SMILES string of the molecule is Cc1ccc2c(c1)N(c1nc(-c3ccc4ccccc4c3)c3ccccc3n1)C1=Cc3c(c4ccccc4n3-c3nc(C4=CC=c5ccccc5=CC4)c4ccccc4n3)CC=C1C2(C)C. The molecule has 3 aliphatic rings. The molecule has 0 amide bonds. The molecule has 0 N–H and O–H groups in total. The van der Waals surface area contributed by atoms with Crippen LogP contribution in [0.4, 0.5) is 11.6 Å². The van der Waals surface area contributed by atoms with Crippen LogP contribution in [-0.4, -0.2) is 24.5 Å². The van der Waals surface area contributed by atoms with Gasteiger partial charge in [0, 0.05) is 27.1 Å². The van der Waals surface area contributed by atoms with E-state index < -0.39 is 0 Å². The molecule has 6 heteroatoms. The van der Waals surface area contributed by atoms with Crippen LogP contribution in [0.2, 0.25) is 0 Å². The van der Waals surface area contributed by atoms with Crippen molar-refractivity contribution in [1.82, 2.24) is 24.5 Å². The molecule has 13 rings (SSSR count). The third kappa shape index (κ3) is 5.95. The first kappa shape index (κ1) is 38.3. The van der Waals surface area contributed by atoms with E-state index in [1.54, 1.807) is 0 Å². The minimum Gasteiger partial charge on any atom is -0.278 e. The number of allylic oxidation sites excluding steroid dienone is 4. The maximum Gasteiger partial charge on any atom is 0.235 e. The highest BCUT2D eigenvalue weighted by atomic mass is 15.3. The van der Waals surface area contributed by atoms with Crippen molar-refractivity contribution in [3.05, 3.63) is 220 Å². The Labute approximate surface area is 382 Å². The Balaban J connectivity index is 1.08. The predicted octanol–water partition coefficient (Wildman–Crippen LogP) is 12.6. The first-order valence-electron chi connectivity index (χ1n) is 22.8. The third-order valence-corrected chi connectivity index (χ3v) is 14.0. The summed E-state index contributed by atoms with van der Waals surface area (Å²) in [6.45, 7) is 6.88. The summed E-state index contributed by atoms with van der Waals surface area (Å²) in [5.41, 5.74) is 14.6. The maximum atomic E-state index is 5.60. The molecule has 3 aromatic heterocycles. The van der Waals surface area contributed by atoms with Crippen LogP contribution >= 0.6 is 0 Å².